The quantitative estimate of drug-likeness (QED) is 0.695. The molecule has 0 aliphatic carbocycles. The van der Waals surface area contributed by atoms with Crippen LogP contribution in [0, 0.1) is 0 Å². The van der Waals surface area contributed by atoms with Crippen molar-refractivity contribution < 1.29 is 24.3 Å². The second kappa shape index (κ2) is 6.14. The van der Waals surface area contributed by atoms with Crippen LogP contribution in [0.15, 0.2) is 30.3 Å². The summed E-state index contributed by atoms with van der Waals surface area (Å²) in [6.45, 7) is 0.0000414. The Morgan fingerprint density at radius 2 is 1.91 bits per heavy atom. The van der Waals surface area contributed by atoms with Gasteiger partial charge in [-0.15, -0.1) is 0 Å². The Balaban J connectivity index is 2.24. The average Bonchev–Trinajstić information content (AvgIpc) is 2.77. The Bertz CT molecular complexity index is 697. The number of carbonyl (C=O) groups excluding carboxylic acids is 2. The number of aliphatic carboxylic acids is 1. The van der Waals surface area contributed by atoms with Gasteiger partial charge in [0.1, 0.15) is 6.54 Å². The molecule has 6 nitrogen and oxygen atoms in total. The lowest BCUT2D eigenvalue weighted by molar-refractivity contribution is -0.875. The van der Waals surface area contributed by atoms with Crippen LogP contribution in [0.5, 0.6) is 0 Å². The minimum absolute atomic E-state index is 0.0000414. The normalized spacial score (nSPS) is 14.6. The molecular weight excluding hydrogens is 296 g/mol. The number of aromatic nitrogens is 1. The summed E-state index contributed by atoms with van der Waals surface area (Å²) in [4.78, 5) is 26.6. The number of hydrogen-bond acceptors (Lipinski definition) is 4. The third kappa shape index (κ3) is 4.40. The maximum atomic E-state index is 12.6. The molecule has 1 aromatic carbocycles. The van der Waals surface area contributed by atoms with Crippen molar-refractivity contribution in [3.8, 4) is 0 Å². The molecule has 0 aliphatic rings. The number of para-hydroxylation sites is 1. The molecule has 23 heavy (non-hydrogen) atoms. The SMILES string of the molecule is C[N+](C)(C)CC(O)(CC(=O)[O-])C(=O)Cc1cc2ccccc2[nH]1. The molecular formula is C17H22N2O4. The summed E-state index contributed by atoms with van der Waals surface area (Å²) in [5, 5.41) is 22.5. The van der Waals surface area contributed by atoms with Crippen molar-refractivity contribution in [1.29, 1.82) is 0 Å². The standard InChI is InChI=1S/C17H22N2O4/c1-19(2,3)11-17(23,10-16(21)22)15(20)9-13-8-12-6-4-5-7-14(12)18-13/h4-8,18,23H,9-11H2,1-3H3. The number of ketones is 1. The van der Waals surface area contributed by atoms with Crippen LogP contribution >= 0.6 is 0 Å². The Kier molecular flexibility index (Phi) is 4.58. The number of likely N-dealkylation sites (N-methyl/N-ethyl adjacent to an activating group) is 1. The highest BCUT2D eigenvalue weighted by molar-refractivity contribution is 5.93. The molecule has 0 radical (unpaired) electrons. The van der Waals surface area contributed by atoms with E-state index < -0.39 is 23.8 Å². The van der Waals surface area contributed by atoms with Crippen LogP contribution in [0.25, 0.3) is 10.9 Å². The molecule has 1 atom stereocenters. The minimum Gasteiger partial charge on any atom is -0.550 e. The number of carboxylic acids is 1. The van der Waals surface area contributed by atoms with Crippen molar-refractivity contribution in [2.45, 2.75) is 18.4 Å². The van der Waals surface area contributed by atoms with Crippen molar-refractivity contribution in [1.82, 2.24) is 4.98 Å². The minimum atomic E-state index is -1.95. The number of carboxylic acid groups (broad SMARTS) is 1. The van der Waals surface area contributed by atoms with Gasteiger partial charge in [-0.25, -0.2) is 0 Å². The van der Waals surface area contributed by atoms with E-state index in [0.717, 1.165) is 10.9 Å². The molecule has 2 aromatic rings. The number of Topliss-reactive ketones (excluding diaryl/α,β-unsaturated/α-hetero) is 1. The molecule has 0 fully saturated rings. The van der Waals surface area contributed by atoms with E-state index >= 15 is 0 Å². The van der Waals surface area contributed by atoms with Crippen LogP contribution in [0.2, 0.25) is 0 Å². The number of fused-ring (bicyclic) bond motifs is 1. The Morgan fingerprint density at radius 3 is 2.48 bits per heavy atom. The zero-order valence-electron chi connectivity index (χ0n) is 13.6. The van der Waals surface area contributed by atoms with Gasteiger partial charge in [-0.05, 0) is 17.5 Å². The van der Waals surface area contributed by atoms with Gasteiger partial charge in [-0.2, -0.15) is 0 Å². The van der Waals surface area contributed by atoms with Crippen LogP contribution in [0.4, 0.5) is 0 Å². The van der Waals surface area contributed by atoms with Gasteiger partial charge in [-0.1, -0.05) is 18.2 Å². The number of quaternary nitrogens is 1. The number of carbonyl (C=O) groups is 2. The van der Waals surface area contributed by atoms with Crippen molar-refractivity contribution in [2.24, 2.45) is 0 Å². The fourth-order valence-electron chi connectivity index (χ4n) is 2.83. The number of benzene rings is 1. The first-order chi connectivity index (χ1) is 10.6. The van der Waals surface area contributed by atoms with E-state index in [4.69, 9.17) is 0 Å². The van der Waals surface area contributed by atoms with E-state index in [-0.39, 0.29) is 17.4 Å². The highest BCUT2D eigenvalue weighted by Gasteiger charge is 2.41. The van der Waals surface area contributed by atoms with Crippen LogP contribution in [-0.4, -0.2) is 59.6 Å². The summed E-state index contributed by atoms with van der Waals surface area (Å²) in [7, 11) is 5.36. The topological polar surface area (TPSA) is 93.2 Å². The largest absolute Gasteiger partial charge is 0.550 e. The van der Waals surface area contributed by atoms with Crippen LogP contribution in [-0.2, 0) is 16.0 Å². The summed E-state index contributed by atoms with van der Waals surface area (Å²) in [5.41, 5.74) is -0.409. The predicted molar refractivity (Wildman–Crippen MR) is 84.5 cm³/mol. The summed E-state index contributed by atoms with van der Waals surface area (Å²) in [6.07, 6.45) is -0.764. The second-order valence-electron chi connectivity index (χ2n) is 7.01. The van der Waals surface area contributed by atoms with Crippen LogP contribution < -0.4 is 5.11 Å². The number of nitrogens with one attached hydrogen (secondary N) is 1. The van der Waals surface area contributed by atoms with Crippen molar-refractivity contribution >= 4 is 22.7 Å². The Morgan fingerprint density at radius 1 is 1.26 bits per heavy atom. The summed E-state index contributed by atoms with van der Waals surface area (Å²) in [5.74, 6) is -1.97. The van der Waals surface area contributed by atoms with E-state index in [9.17, 15) is 19.8 Å². The van der Waals surface area contributed by atoms with Crippen molar-refractivity contribution in [3.05, 3.63) is 36.0 Å². The first-order valence-electron chi connectivity index (χ1n) is 7.42. The predicted octanol–water partition coefficient (Wildman–Crippen LogP) is -0.143. The molecule has 124 valence electrons. The van der Waals surface area contributed by atoms with E-state index in [2.05, 4.69) is 4.98 Å². The second-order valence-corrected chi connectivity index (χ2v) is 7.01. The Labute approximate surface area is 134 Å². The number of rotatable bonds is 7. The molecule has 2 rings (SSSR count). The lowest BCUT2D eigenvalue weighted by Crippen LogP contribution is -2.56. The van der Waals surface area contributed by atoms with Gasteiger partial charge in [0.05, 0.1) is 21.1 Å². The third-order valence-electron chi connectivity index (χ3n) is 3.63. The molecule has 0 saturated heterocycles. The highest BCUT2D eigenvalue weighted by atomic mass is 16.4. The monoisotopic (exact) mass is 318 g/mol. The van der Waals surface area contributed by atoms with Gasteiger partial charge in [-0.3, -0.25) is 4.79 Å². The summed E-state index contributed by atoms with van der Waals surface area (Å²) in [6, 6.07) is 9.42. The average molecular weight is 318 g/mol. The number of aromatic amines is 1. The van der Waals surface area contributed by atoms with Crippen LogP contribution in [0.3, 0.4) is 0 Å². The molecule has 1 unspecified atom stereocenters. The van der Waals surface area contributed by atoms with E-state index in [1.165, 1.54) is 0 Å². The van der Waals surface area contributed by atoms with Gasteiger partial charge in [0.25, 0.3) is 0 Å². The smallest absolute Gasteiger partial charge is 0.177 e. The van der Waals surface area contributed by atoms with Crippen molar-refractivity contribution in [3.63, 3.8) is 0 Å². The van der Waals surface area contributed by atoms with Crippen molar-refractivity contribution in [2.75, 3.05) is 27.7 Å². The first kappa shape index (κ1) is 17.2. The summed E-state index contributed by atoms with van der Waals surface area (Å²) < 4.78 is 0.266. The number of hydrogen-bond donors (Lipinski definition) is 2. The van der Waals surface area contributed by atoms with Gasteiger partial charge < -0.3 is 24.5 Å². The molecule has 0 saturated carbocycles. The zero-order chi connectivity index (χ0) is 17.3. The zero-order valence-corrected chi connectivity index (χ0v) is 13.6. The molecule has 0 spiro atoms. The fraction of sp³-hybridized carbons (Fsp3) is 0.412. The van der Waals surface area contributed by atoms with E-state index in [1.807, 2.05) is 30.3 Å². The molecule has 0 aliphatic heterocycles. The summed E-state index contributed by atoms with van der Waals surface area (Å²) >= 11 is 0. The van der Waals surface area contributed by atoms with E-state index in [1.54, 1.807) is 21.1 Å². The number of H-pyrrole nitrogens is 1. The Hall–Kier alpha value is -2.18. The van der Waals surface area contributed by atoms with E-state index in [0.29, 0.717) is 5.69 Å². The fourth-order valence-corrected chi connectivity index (χ4v) is 2.83. The van der Waals surface area contributed by atoms with Gasteiger partial charge >= 0.3 is 0 Å². The van der Waals surface area contributed by atoms with Gasteiger partial charge in [0.15, 0.2) is 11.4 Å². The van der Waals surface area contributed by atoms with Gasteiger partial charge in [0.2, 0.25) is 0 Å². The number of aliphatic hydroxyl groups is 1. The number of nitrogens with zero attached hydrogens (tertiary/aromatic N) is 1. The first-order valence-corrected chi connectivity index (χ1v) is 7.42. The molecule has 1 heterocycles. The lowest BCUT2D eigenvalue weighted by atomic mass is 9.90. The maximum Gasteiger partial charge on any atom is 0.177 e. The lowest BCUT2D eigenvalue weighted by Gasteiger charge is -2.34. The third-order valence-corrected chi connectivity index (χ3v) is 3.63. The maximum absolute atomic E-state index is 12.6. The highest BCUT2D eigenvalue weighted by Crippen LogP contribution is 2.20. The molecule has 1 aromatic heterocycles. The molecule has 6 heteroatoms. The van der Waals surface area contributed by atoms with Gasteiger partial charge in [0, 0.05) is 30.0 Å². The molecule has 0 bridgehead atoms. The molecule has 0 amide bonds. The molecule has 2 N–H and O–H groups in total. The van der Waals surface area contributed by atoms with Crippen LogP contribution in [0.1, 0.15) is 12.1 Å².